The van der Waals surface area contributed by atoms with Crippen LogP contribution in [0.3, 0.4) is 0 Å². The van der Waals surface area contributed by atoms with E-state index >= 15 is 0 Å². The third-order valence-electron chi connectivity index (χ3n) is 2.02. The fourth-order valence-corrected chi connectivity index (χ4v) is 3.41. The van der Waals surface area contributed by atoms with Crippen LogP contribution in [0.25, 0.3) is 0 Å². The van der Waals surface area contributed by atoms with Crippen LogP contribution in [0.15, 0.2) is 0 Å². The van der Waals surface area contributed by atoms with Gasteiger partial charge < -0.3 is 5.73 Å². The standard InChI is InChI=1S/C9H20N2O3S/c1-6(2)11-15(13,14)9(8(4)12)7(3)5-10/h6-7,9,11H,5,10H2,1-4H3. The molecule has 2 unspecified atom stereocenters. The molecule has 0 rings (SSSR count). The summed E-state index contributed by atoms with van der Waals surface area (Å²) in [6.45, 7) is 6.52. The number of nitrogens with two attached hydrogens (primary N) is 1. The van der Waals surface area contributed by atoms with E-state index in [0.717, 1.165) is 0 Å². The van der Waals surface area contributed by atoms with Gasteiger partial charge in [0.2, 0.25) is 10.0 Å². The average Bonchev–Trinajstić information content (AvgIpc) is 1.99. The lowest BCUT2D eigenvalue weighted by atomic mass is 10.1. The topological polar surface area (TPSA) is 89.3 Å². The summed E-state index contributed by atoms with van der Waals surface area (Å²) in [5, 5.41) is -1.05. The summed E-state index contributed by atoms with van der Waals surface area (Å²) < 4.78 is 26.0. The predicted molar refractivity (Wildman–Crippen MR) is 59.9 cm³/mol. The van der Waals surface area contributed by atoms with Gasteiger partial charge in [-0.1, -0.05) is 6.92 Å². The summed E-state index contributed by atoms with van der Waals surface area (Å²) in [5.74, 6) is -0.750. The number of rotatable bonds is 6. The molecule has 2 atom stereocenters. The SMILES string of the molecule is CC(=O)C(C(C)CN)S(=O)(=O)NC(C)C. The highest BCUT2D eigenvalue weighted by molar-refractivity contribution is 7.90. The molecular weight excluding hydrogens is 216 g/mol. The van der Waals surface area contributed by atoms with Gasteiger partial charge in [-0.2, -0.15) is 0 Å². The average molecular weight is 236 g/mol. The number of hydrogen-bond donors (Lipinski definition) is 2. The molecule has 0 saturated heterocycles. The van der Waals surface area contributed by atoms with E-state index in [2.05, 4.69) is 4.72 Å². The normalized spacial score (nSPS) is 16.4. The van der Waals surface area contributed by atoms with E-state index in [9.17, 15) is 13.2 Å². The monoisotopic (exact) mass is 236 g/mol. The van der Waals surface area contributed by atoms with Crippen molar-refractivity contribution in [3.63, 3.8) is 0 Å². The maximum Gasteiger partial charge on any atom is 0.222 e. The van der Waals surface area contributed by atoms with Crippen molar-refractivity contribution in [2.75, 3.05) is 6.54 Å². The minimum atomic E-state index is -3.61. The summed E-state index contributed by atoms with van der Waals surface area (Å²) in [6, 6.07) is -0.221. The third kappa shape index (κ3) is 4.27. The fraction of sp³-hybridized carbons (Fsp3) is 0.889. The molecule has 0 aliphatic heterocycles. The Hall–Kier alpha value is -0.460. The summed E-state index contributed by atoms with van der Waals surface area (Å²) in [5.41, 5.74) is 5.39. The number of hydrogen-bond acceptors (Lipinski definition) is 4. The number of sulfonamides is 1. The fourth-order valence-electron chi connectivity index (χ4n) is 1.45. The van der Waals surface area contributed by atoms with Gasteiger partial charge in [0.05, 0.1) is 0 Å². The Morgan fingerprint density at radius 3 is 2.07 bits per heavy atom. The zero-order chi connectivity index (χ0) is 12.2. The molecule has 0 aromatic carbocycles. The highest BCUT2D eigenvalue weighted by Crippen LogP contribution is 2.12. The van der Waals surface area contributed by atoms with Crippen LogP contribution in [0.5, 0.6) is 0 Å². The lowest BCUT2D eigenvalue weighted by molar-refractivity contribution is -0.117. The van der Waals surface area contributed by atoms with E-state index in [1.54, 1.807) is 20.8 Å². The molecule has 0 radical (unpaired) electrons. The van der Waals surface area contributed by atoms with Crippen LogP contribution in [-0.4, -0.2) is 32.0 Å². The van der Waals surface area contributed by atoms with Gasteiger partial charge in [-0.15, -0.1) is 0 Å². The Bertz CT molecular complexity index is 311. The van der Waals surface area contributed by atoms with E-state index < -0.39 is 15.3 Å². The number of Topliss-reactive ketones (excluding diaryl/α,β-unsaturated/α-hetero) is 1. The summed E-state index contributed by atoms with van der Waals surface area (Å²) in [6.07, 6.45) is 0. The second-order valence-electron chi connectivity index (χ2n) is 4.06. The molecule has 0 saturated carbocycles. The number of ketones is 1. The van der Waals surface area contributed by atoms with Gasteiger partial charge in [-0.3, -0.25) is 4.79 Å². The van der Waals surface area contributed by atoms with Gasteiger partial charge in [0.15, 0.2) is 0 Å². The highest BCUT2D eigenvalue weighted by Gasteiger charge is 2.34. The molecule has 3 N–H and O–H groups in total. The van der Waals surface area contributed by atoms with Crippen molar-refractivity contribution in [2.24, 2.45) is 11.7 Å². The molecular formula is C9H20N2O3S. The van der Waals surface area contributed by atoms with Crippen LogP contribution in [0, 0.1) is 5.92 Å². The number of carbonyl (C=O) groups excluding carboxylic acids is 1. The van der Waals surface area contributed by atoms with E-state index in [-0.39, 0.29) is 24.3 Å². The zero-order valence-corrected chi connectivity index (χ0v) is 10.5. The van der Waals surface area contributed by atoms with Crippen LogP contribution in [-0.2, 0) is 14.8 Å². The molecule has 0 aliphatic carbocycles. The lowest BCUT2D eigenvalue weighted by Crippen LogP contribution is -2.46. The Labute approximate surface area is 91.5 Å². The van der Waals surface area contributed by atoms with Crippen molar-refractivity contribution in [3.05, 3.63) is 0 Å². The Morgan fingerprint density at radius 1 is 1.33 bits per heavy atom. The van der Waals surface area contributed by atoms with Gasteiger partial charge in [0.25, 0.3) is 0 Å². The molecule has 0 spiro atoms. The number of nitrogens with one attached hydrogen (secondary N) is 1. The second-order valence-corrected chi connectivity index (χ2v) is 5.90. The van der Waals surface area contributed by atoms with E-state index in [4.69, 9.17) is 5.73 Å². The van der Waals surface area contributed by atoms with Crippen LogP contribution in [0.4, 0.5) is 0 Å². The molecule has 0 aromatic rings. The summed E-state index contributed by atoms with van der Waals surface area (Å²) >= 11 is 0. The lowest BCUT2D eigenvalue weighted by Gasteiger charge is -2.22. The zero-order valence-electron chi connectivity index (χ0n) is 9.65. The summed E-state index contributed by atoms with van der Waals surface area (Å²) in [4.78, 5) is 11.3. The number of carbonyl (C=O) groups is 1. The van der Waals surface area contributed by atoms with Crippen LogP contribution >= 0.6 is 0 Å². The Kier molecular flexibility index (Phi) is 5.41. The molecule has 5 nitrogen and oxygen atoms in total. The smallest absolute Gasteiger partial charge is 0.222 e. The van der Waals surface area contributed by atoms with Crippen LogP contribution in [0.2, 0.25) is 0 Å². The second kappa shape index (κ2) is 5.58. The van der Waals surface area contributed by atoms with Crippen molar-refractivity contribution in [1.82, 2.24) is 4.72 Å². The first kappa shape index (κ1) is 14.5. The van der Waals surface area contributed by atoms with Crippen LogP contribution in [0.1, 0.15) is 27.7 Å². The van der Waals surface area contributed by atoms with Crippen molar-refractivity contribution in [3.8, 4) is 0 Å². The van der Waals surface area contributed by atoms with Crippen molar-refractivity contribution in [1.29, 1.82) is 0 Å². The van der Waals surface area contributed by atoms with Crippen molar-refractivity contribution in [2.45, 2.75) is 39.0 Å². The largest absolute Gasteiger partial charge is 0.330 e. The van der Waals surface area contributed by atoms with Gasteiger partial charge in [-0.05, 0) is 33.2 Å². The first-order chi connectivity index (χ1) is 6.72. The molecule has 90 valence electrons. The minimum Gasteiger partial charge on any atom is -0.330 e. The first-order valence-corrected chi connectivity index (χ1v) is 6.48. The molecule has 0 aliphatic rings. The minimum absolute atomic E-state index is 0.170. The van der Waals surface area contributed by atoms with Crippen molar-refractivity contribution >= 4 is 15.8 Å². The third-order valence-corrected chi connectivity index (χ3v) is 4.29. The van der Waals surface area contributed by atoms with Gasteiger partial charge in [-0.25, -0.2) is 13.1 Å². The molecule has 0 fully saturated rings. The van der Waals surface area contributed by atoms with Gasteiger partial charge in [0.1, 0.15) is 11.0 Å². The maximum atomic E-state index is 11.8. The quantitative estimate of drug-likeness (QED) is 0.672. The molecule has 0 aromatic heterocycles. The van der Waals surface area contributed by atoms with E-state index in [1.165, 1.54) is 6.92 Å². The highest BCUT2D eigenvalue weighted by atomic mass is 32.2. The van der Waals surface area contributed by atoms with Crippen molar-refractivity contribution < 1.29 is 13.2 Å². The predicted octanol–water partition coefficient (Wildman–Crippen LogP) is -0.133. The molecule has 15 heavy (non-hydrogen) atoms. The van der Waals surface area contributed by atoms with Crippen LogP contribution < -0.4 is 10.5 Å². The van der Waals surface area contributed by atoms with Gasteiger partial charge >= 0.3 is 0 Å². The van der Waals surface area contributed by atoms with E-state index in [1.807, 2.05) is 0 Å². The van der Waals surface area contributed by atoms with E-state index in [0.29, 0.717) is 0 Å². The Balaban J connectivity index is 5.00. The molecule has 0 heterocycles. The molecule has 6 heteroatoms. The van der Waals surface area contributed by atoms with Gasteiger partial charge in [0, 0.05) is 6.04 Å². The Morgan fingerprint density at radius 2 is 1.80 bits per heavy atom. The summed E-state index contributed by atoms with van der Waals surface area (Å²) in [7, 11) is -3.61. The molecule has 0 amide bonds. The first-order valence-electron chi connectivity index (χ1n) is 4.94. The molecule has 0 bridgehead atoms. The maximum absolute atomic E-state index is 11.8.